The van der Waals surface area contributed by atoms with Crippen LogP contribution in [0.4, 0.5) is 0 Å². The fraction of sp³-hybridized carbons (Fsp3) is 0.462. The molecular formula is C13H17N3O. The number of hydrogen-bond acceptors (Lipinski definition) is 1. The molecule has 1 aromatic rings. The number of rotatable bonds is 7. The molecule has 0 radical (unpaired) electrons. The zero-order valence-electron chi connectivity index (χ0n) is 9.88. The third-order valence-electron chi connectivity index (χ3n) is 2.61. The van der Waals surface area contributed by atoms with Crippen LogP contribution in [0.5, 0.6) is 0 Å². The SMILES string of the molecule is [N-]=[N+]=NC(=O)CCCCCCc1ccccc1. The summed E-state index contributed by atoms with van der Waals surface area (Å²) >= 11 is 0. The van der Waals surface area contributed by atoms with Crippen LogP contribution >= 0.6 is 0 Å². The fourth-order valence-corrected chi connectivity index (χ4v) is 1.70. The van der Waals surface area contributed by atoms with Gasteiger partial charge in [-0.2, -0.15) is 0 Å². The number of amides is 1. The molecule has 0 saturated carbocycles. The van der Waals surface area contributed by atoms with Crippen LogP contribution in [0, 0.1) is 0 Å². The van der Waals surface area contributed by atoms with E-state index in [0.717, 1.165) is 32.1 Å². The molecule has 90 valence electrons. The molecule has 1 aromatic carbocycles. The van der Waals surface area contributed by atoms with Crippen molar-refractivity contribution in [2.45, 2.75) is 38.5 Å². The molecular weight excluding hydrogens is 214 g/mol. The van der Waals surface area contributed by atoms with E-state index in [2.05, 4.69) is 22.2 Å². The van der Waals surface area contributed by atoms with E-state index in [-0.39, 0.29) is 5.91 Å². The Morgan fingerprint density at radius 1 is 1.12 bits per heavy atom. The maximum Gasteiger partial charge on any atom is 0.218 e. The lowest BCUT2D eigenvalue weighted by atomic mass is 10.1. The molecule has 17 heavy (non-hydrogen) atoms. The van der Waals surface area contributed by atoms with Gasteiger partial charge in [0.1, 0.15) is 0 Å². The number of hydrogen-bond donors (Lipinski definition) is 0. The highest BCUT2D eigenvalue weighted by Gasteiger charge is 1.98. The lowest BCUT2D eigenvalue weighted by Gasteiger charge is -2.01. The smallest absolute Gasteiger partial charge is 0.218 e. The molecule has 0 aliphatic carbocycles. The molecule has 4 nitrogen and oxygen atoms in total. The summed E-state index contributed by atoms with van der Waals surface area (Å²) in [5.74, 6) is -0.351. The second kappa shape index (κ2) is 8.36. The van der Waals surface area contributed by atoms with Crippen molar-refractivity contribution in [1.29, 1.82) is 0 Å². The molecule has 0 bridgehead atoms. The van der Waals surface area contributed by atoms with Crippen molar-refractivity contribution in [1.82, 2.24) is 0 Å². The third kappa shape index (κ3) is 6.38. The first-order chi connectivity index (χ1) is 8.33. The average Bonchev–Trinajstić information content (AvgIpc) is 2.35. The van der Waals surface area contributed by atoms with Crippen molar-refractivity contribution in [3.63, 3.8) is 0 Å². The Morgan fingerprint density at radius 3 is 2.53 bits per heavy atom. The molecule has 0 unspecified atom stereocenters. The lowest BCUT2D eigenvalue weighted by Crippen LogP contribution is -1.91. The molecule has 0 atom stereocenters. The molecule has 0 heterocycles. The first-order valence-corrected chi connectivity index (χ1v) is 5.95. The highest BCUT2D eigenvalue weighted by molar-refractivity contribution is 5.76. The first-order valence-electron chi connectivity index (χ1n) is 5.95. The van der Waals surface area contributed by atoms with Crippen molar-refractivity contribution in [2.75, 3.05) is 0 Å². The van der Waals surface area contributed by atoms with Gasteiger partial charge in [0.25, 0.3) is 0 Å². The summed E-state index contributed by atoms with van der Waals surface area (Å²) in [4.78, 5) is 13.3. The van der Waals surface area contributed by atoms with Gasteiger partial charge in [-0.25, -0.2) is 0 Å². The summed E-state index contributed by atoms with van der Waals surface area (Å²) in [7, 11) is 0. The van der Waals surface area contributed by atoms with Gasteiger partial charge in [0.05, 0.1) is 0 Å². The summed E-state index contributed by atoms with van der Waals surface area (Å²) in [6.07, 6.45) is 5.53. The number of azide groups is 1. The highest BCUT2D eigenvalue weighted by Crippen LogP contribution is 2.09. The first kappa shape index (κ1) is 13.3. The van der Waals surface area contributed by atoms with Gasteiger partial charge in [0.2, 0.25) is 5.91 Å². The van der Waals surface area contributed by atoms with E-state index in [0.29, 0.717) is 6.42 Å². The minimum absolute atomic E-state index is 0.351. The maximum atomic E-state index is 10.9. The van der Waals surface area contributed by atoms with Crippen LogP contribution in [0.1, 0.15) is 37.7 Å². The molecule has 0 N–H and O–H groups in total. The largest absolute Gasteiger partial charge is 0.293 e. The number of carbonyl (C=O) groups is 1. The van der Waals surface area contributed by atoms with E-state index in [1.54, 1.807) is 0 Å². The average molecular weight is 231 g/mol. The maximum absolute atomic E-state index is 10.9. The van der Waals surface area contributed by atoms with Gasteiger partial charge in [-0.3, -0.25) is 4.79 Å². The highest BCUT2D eigenvalue weighted by atomic mass is 16.1. The Kier molecular flexibility index (Phi) is 6.53. The summed E-state index contributed by atoms with van der Waals surface area (Å²) in [6.45, 7) is 0. The van der Waals surface area contributed by atoms with Crippen molar-refractivity contribution < 1.29 is 4.79 Å². The van der Waals surface area contributed by atoms with E-state index in [9.17, 15) is 4.79 Å². The Balaban J connectivity index is 2.02. The monoisotopic (exact) mass is 231 g/mol. The van der Waals surface area contributed by atoms with Gasteiger partial charge in [-0.1, -0.05) is 43.2 Å². The lowest BCUT2D eigenvalue weighted by molar-refractivity contribution is -0.118. The van der Waals surface area contributed by atoms with Gasteiger partial charge in [0, 0.05) is 11.3 Å². The molecule has 4 heteroatoms. The molecule has 1 rings (SSSR count). The molecule has 0 aliphatic heterocycles. The second-order valence-electron chi connectivity index (χ2n) is 3.98. The van der Waals surface area contributed by atoms with Crippen LogP contribution in [0.3, 0.4) is 0 Å². The molecule has 1 amide bonds. The van der Waals surface area contributed by atoms with E-state index in [1.165, 1.54) is 5.56 Å². The molecule has 0 aromatic heterocycles. The van der Waals surface area contributed by atoms with Crippen LogP contribution < -0.4 is 0 Å². The van der Waals surface area contributed by atoms with Crippen LogP contribution in [0.25, 0.3) is 10.4 Å². The van der Waals surface area contributed by atoms with Gasteiger partial charge >= 0.3 is 0 Å². The Bertz CT molecular complexity index is 383. The minimum Gasteiger partial charge on any atom is -0.293 e. The van der Waals surface area contributed by atoms with Crippen LogP contribution in [-0.4, -0.2) is 5.91 Å². The molecule has 0 saturated heterocycles. The predicted molar refractivity (Wildman–Crippen MR) is 67.4 cm³/mol. The number of carbonyl (C=O) groups excluding carboxylic acids is 1. The van der Waals surface area contributed by atoms with E-state index in [4.69, 9.17) is 5.53 Å². The Labute approximate surface area is 101 Å². The summed E-state index contributed by atoms with van der Waals surface area (Å²) in [5, 5.41) is 3.03. The van der Waals surface area contributed by atoms with Crippen LogP contribution in [0.2, 0.25) is 0 Å². The topological polar surface area (TPSA) is 65.8 Å². The minimum atomic E-state index is -0.351. The van der Waals surface area contributed by atoms with Crippen molar-refractivity contribution in [3.8, 4) is 0 Å². The zero-order valence-corrected chi connectivity index (χ0v) is 9.88. The number of aryl methyl sites for hydroxylation is 1. The normalized spacial score (nSPS) is 9.65. The standard InChI is InChI=1S/C13H17N3O/c14-16-15-13(17)11-7-2-1-4-8-12-9-5-3-6-10-12/h3,5-6,9-10H,1-2,4,7-8,11H2. The van der Waals surface area contributed by atoms with E-state index in [1.807, 2.05) is 18.2 Å². The number of benzene rings is 1. The third-order valence-corrected chi connectivity index (χ3v) is 2.61. The quantitative estimate of drug-likeness (QED) is 0.302. The second-order valence-corrected chi connectivity index (χ2v) is 3.98. The van der Waals surface area contributed by atoms with Crippen LogP contribution in [-0.2, 0) is 11.2 Å². The molecule has 0 spiro atoms. The molecule has 0 fully saturated rings. The Hall–Kier alpha value is -1.80. The summed E-state index contributed by atoms with van der Waals surface area (Å²) in [5.41, 5.74) is 9.40. The van der Waals surface area contributed by atoms with Crippen LogP contribution in [0.15, 0.2) is 35.4 Å². The van der Waals surface area contributed by atoms with Crippen molar-refractivity contribution in [2.24, 2.45) is 5.11 Å². The zero-order chi connectivity index (χ0) is 12.3. The van der Waals surface area contributed by atoms with Crippen molar-refractivity contribution in [3.05, 3.63) is 46.3 Å². The number of unbranched alkanes of at least 4 members (excludes halogenated alkanes) is 3. The van der Waals surface area contributed by atoms with Gasteiger partial charge < -0.3 is 0 Å². The van der Waals surface area contributed by atoms with Gasteiger partial charge in [-0.05, 0) is 35.5 Å². The Morgan fingerprint density at radius 2 is 1.82 bits per heavy atom. The van der Waals surface area contributed by atoms with Gasteiger partial charge in [-0.15, -0.1) is 0 Å². The number of nitrogens with zero attached hydrogens (tertiary/aromatic N) is 3. The van der Waals surface area contributed by atoms with E-state index < -0.39 is 0 Å². The summed E-state index contributed by atoms with van der Waals surface area (Å²) < 4.78 is 0. The molecule has 0 aliphatic rings. The summed E-state index contributed by atoms with van der Waals surface area (Å²) in [6, 6.07) is 10.4. The van der Waals surface area contributed by atoms with E-state index >= 15 is 0 Å². The fourth-order valence-electron chi connectivity index (χ4n) is 1.70. The van der Waals surface area contributed by atoms with Gasteiger partial charge in [0.15, 0.2) is 0 Å². The predicted octanol–water partition coefficient (Wildman–Crippen LogP) is 4.02. The van der Waals surface area contributed by atoms with Crippen molar-refractivity contribution >= 4 is 5.91 Å².